The van der Waals surface area contributed by atoms with Crippen molar-refractivity contribution in [2.45, 2.75) is 78.9 Å². The fourth-order valence-electron chi connectivity index (χ4n) is 4.59. The normalized spacial score (nSPS) is 22.1. The van der Waals surface area contributed by atoms with Gasteiger partial charge in [-0.2, -0.15) is 4.37 Å². The van der Waals surface area contributed by atoms with Crippen LogP contribution < -0.4 is 5.32 Å². The van der Waals surface area contributed by atoms with Crippen LogP contribution in [0, 0.1) is 5.41 Å². The van der Waals surface area contributed by atoms with Crippen molar-refractivity contribution in [2.75, 3.05) is 44.6 Å². The lowest BCUT2D eigenvalue weighted by Gasteiger charge is -2.43. The molecule has 0 spiro atoms. The third-order valence-corrected chi connectivity index (χ3v) is 7.22. The van der Waals surface area contributed by atoms with E-state index in [-0.39, 0.29) is 16.9 Å². The van der Waals surface area contributed by atoms with Gasteiger partial charge in [0, 0.05) is 61.8 Å². The fraction of sp³-hybridized carbons (Fsp3) is 0.864. The van der Waals surface area contributed by atoms with Crippen molar-refractivity contribution in [3.05, 3.63) is 5.82 Å². The topological polar surface area (TPSA) is 64.6 Å². The van der Waals surface area contributed by atoms with Gasteiger partial charge in [0.05, 0.1) is 5.54 Å². The molecule has 1 N–H and O–H groups in total. The Bertz CT molecular complexity index is 717. The number of piperazine rings is 1. The first-order chi connectivity index (χ1) is 14.0. The monoisotopic (exact) mass is 436 g/mol. The molecule has 0 bridgehead atoms. The Balaban J connectivity index is 1.56. The first kappa shape index (κ1) is 23.4. The van der Waals surface area contributed by atoms with E-state index in [1.54, 1.807) is 0 Å². The fourth-order valence-corrected chi connectivity index (χ4v) is 5.30. The van der Waals surface area contributed by atoms with Crippen molar-refractivity contribution < 1.29 is 4.79 Å². The van der Waals surface area contributed by atoms with E-state index in [0.717, 1.165) is 43.7 Å². The number of amides is 1. The smallest absolute Gasteiger partial charge is 0.228 e. The van der Waals surface area contributed by atoms with Crippen LogP contribution >= 0.6 is 11.5 Å². The van der Waals surface area contributed by atoms with E-state index in [0.29, 0.717) is 12.1 Å². The second kappa shape index (κ2) is 9.09. The van der Waals surface area contributed by atoms with Crippen LogP contribution in [0.5, 0.6) is 0 Å². The molecular weight excluding hydrogens is 396 g/mol. The number of aromatic nitrogens is 2. The highest BCUT2D eigenvalue weighted by Gasteiger charge is 2.37. The number of carbonyl (C=O) groups is 1. The molecule has 1 unspecified atom stereocenters. The summed E-state index contributed by atoms with van der Waals surface area (Å²) in [4.78, 5) is 24.4. The van der Waals surface area contributed by atoms with Crippen LogP contribution in [0.1, 0.15) is 67.1 Å². The van der Waals surface area contributed by atoms with E-state index in [2.05, 4.69) is 47.2 Å². The maximum Gasteiger partial charge on any atom is 0.228 e. The number of carbonyl (C=O) groups excluding carboxylic acids is 1. The van der Waals surface area contributed by atoms with Crippen molar-refractivity contribution in [3.8, 4) is 0 Å². The molecule has 8 heteroatoms. The van der Waals surface area contributed by atoms with E-state index < -0.39 is 0 Å². The number of hydrogen-bond donors (Lipinski definition) is 1. The summed E-state index contributed by atoms with van der Waals surface area (Å²) >= 11 is 1.46. The van der Waals surface area contributed by atoms with Crippen LogP contribution in [0.4, 0.5) is 5.13 Å². The molecule has 0 radical (unpaired) electrons. The number of nitrogens with one attached hydrogen (secondary N) is 1. The summed E-state index contributed by atoms with van der Waals surface area (Å²) in [5.41, 5.74) is -0.566. The van der Waals surface area contributed by atoms with Crippen LogP contribution in [0.3, 0.4) is 0 Å². The molecule has 30 heavy (non-hydrogen) atoms. The summed E-state index contributed by atoms with van der Waals surface area (Å²) in [6, 6.07) is 1.17. The van der Waals surface area contributed by atoms with Crippen molar-refractivity contribution >= 4 is 22.6 Å². The van der Waals surface area contributed by atoms with Crippen LogP contribution in [0.15, 0.2) is 0 Å². The zero-order chi connectivity index (χ0) is 22.1. The zero-order valence-electron chi connectivity index (χ0n) is 19.9. The maximum absolute atomic E-state index is 12.6. The van der Waals surface area contributed by atoms with E-state index in [9.17, 15) is 4.79 Å². The summed E-state index contributed by atoms with van der Waals surface area (Å²) in [6.45, 7) is 20.3. The van der Waals surface area contributed by atoms with Gasteiger partial charge in [0.15, 0.2) is 5.82 Å². The molecular formula is C22H40N6OS. The molecule has 3 heterocycles. The van der Waals surface area contributed by atoms with Gasteiger partial charge >= 0.3 is 0 Å². The Kier molecular flexibility index (Phi) is 7.09. The third kappa shape index (κ3) is 5.14. The lowest BCUT2D eigenvalue weighted by molar-refractivity contribution is -0.142. The molecule has 2 aliphatic rings. The summed E-state index contributed by atoms with van der Waals surface area (Å²) < 4.78 is 4.69. The third-order valence-electron chi connectivity index (χ3n) is 6.55. The van der Waals surface area contributed by atoms with Gasteiger partial charge in [0.25, 0.3) is 0 Å². The second-order valence-corrected chi connectivity index (χ2v) is 11.3. The predicted molar refractivity (Wildman–Crippen MR) is 124 cm³/mol. The van der Waals surface area contributed by atoms with Gasteiger partial charge in [-0.25, -0.2) is 4.98 Å². The number of hydrogen-bond acceptors (Lipinski definition) is 7. The Hall–Kier alpha value is -1.25. The average molecular weight is 437 g/mol. The van der Waals surface area contributed by atoms with E-state index in [4.69, 9.17) is 4.98 Å². The molecule has 1 aromatic rings. The van der Waals surface area contributed by atoms with E-state index >= 15 is 0 Å². The highest BCUT2D eigenvalue weighted by atomic mass is 32.1. The zero-order valence-corrected chi connectivity index (χ0v) is 20.7. The van der Waals surface area contributed by atoms with Gasteiger partial charge in [0.1, 0.15) is 0 Å². The summed E-state index contributed by atoms with van der Waals surface area (Å²) in [6.07, 6.45) is 2.53. The molecule has 2 saturated heterocycles. The lowest BCUT2D eigenvalue weighted by Crippen LogP contribution is -2.56. The van der Waals surface area contributed by atoms with Gasteiger partial charge < -0.3 is 10.2 Å². The quantitative estimate of drug-likeness (QED) is 0.739. The predicted octanol–water partition coefficient (Wildman–Crippen LogP) is 3.25. The number of nitrogens with zero attached hydrogens (tertiary/aromatic N) is 5. The SMILES string of the molecule is CC(C)N1CCCC1CNc1nc(C(C)(C)N2CCN(C(=O)C(C)(C)C)CC2)ns1. The summed E-state index contributed by atoms with van der Waals surface area (Å²) in [5.74, 6) is 1.11. The van der Waals surface area contributed by atoms with Crippen molar-refractivity contribution in [2.24, 2.45) is 5.41 Å². The Labute approximate surface area is 186 Å². The van der Waals surface area contributed by atoms with Crippen molar-refractivity contribution in [1.82, 2.24) is 24.1 Å². The first-order valence-electron chi connectivity index (χ1n) is 11.4. The highest BCUT2D eigenvalue weighted by molar-refractivity contribution is 7.09. The molecule has 2 fully saturated rings. The maximum atomic E-state index is 12.6. The van der Waals surface area contributed by atoms with Crippen LogP contribution in [-0.4, -0.2) is 81.3 Å². The van der Waals surface area contributed by atoms with Crippen LogP contribution in [-0.2, 0) is 10.3 Å². The minimum atomic E-state index is -0.320. The molecule has 2 aliphatic heterocycles. The second-order valence-electron chi connectivity index (χ2n) is 10.5. The Morgan fingerprint density at radius 3 is 2.40 bits per heavy atom. The minimum Gasteiger partial charge on any atom is -0.359 e. The van der Waals surface area contributed by atoms with E-state index in [1.807, 2.05) is 25.7 Å². The Morgan fingerprint density at radius 1 is 1.13 bits per heavy atom. The molecule has 170 valence electrons. The van der Waals surface area contributed by atoms with Gasteiger partial charge in [-0.3, -0.25) is 14.6 Å². The molecule has 3 rings (SSSR count). The van der Waals surface area contributed by atoms with Gasteiger partial charge in [-0.1, -0.05) is 20.8 Å². The van der Waals surface area contributed by atoms with Crippen molar-refractivity contribution in [1.29, 1.82) is 0 Å². The highest BCUT2D eigenvalue weighted by Crippen LogP contribution is 2.30. The van der Waals surface area contributed by atoms with Gasteiger partial charge in [-0.15, -0.1) is 0 Å². The number of rotatable bonds is 6. The minimum absolute atomic E-state index is 0.237. The van der Waals surface area contributed by atoms with Crippen molar-refractivity contribution in [3.63, 3.8) is 0 Å². The molecule has 0 saturated carbocycles. The molecule has 1 amide bonds. The van der Waals surface area contributed by atoms with Crippen LogP contribution in [0.2, 0.25) is 0 Å². The van der Waals surface area contributed by atoms with Gasteiger partial charge in [-0.05, 0) is 47.1 Å². The largest absolute Gasteiger partial charge is 0.359 e. The van der Waals surface area contributed by atoms with Crippen LogP contribution in [0.25, 0.3) is 0 Å². The van der Waals surface area contributed by atoms with Gasteiger partial charge in [0.2, 0.25) is 11.0 Å². The first-order valence-corrected chi connectivity index (χ1v) is 12.2. The summed E-state index contributed by atoms with van der Waals surface area (Å²) in [5, 5.41) is 4.45. The molecule has 0 aliphatic carbocycles. The number of likely N-dealkylation sites (tertiary alicyclic amines) is 1. The molecule has 1 aromatic heterocycles. The lowest BCUT2D eigenvalue weighted by atomic mass is 9.94. The standard InChI is InChI=1S/C22H40N6OS/c1-16(2)28-10-8-9-17(28)15-23-20-24-18(25-30-20)22(6,7)27-13-11-26(12-14-27)19(29)21(3,4)5/h16-17H,8-15H2,1-7H3,(H,23,24,25). The Morgan fingerprint density at radius 2 is 1.80 bits per heavy atom. The van der Waals surface area contributed by atoms with E-state index in [1.165, 1.54) is 30.9 Å². The number of anilines is 1. The molecule has 7 nitrogen and oxygen atoms in total. The average Bonchev–Trinajstić information content (AvgIpc) is 3.34. The summed E-state index contributed by atoms with van der Waals surface area (Å²) in [7, 11) is 0. The molecule has 1 atom stereocenters. The molecule has 0 aromatic carbocycles.